The number of hydrogen-bond acceptors (Lipinski definition) is 2. The monoisotopic (exact) mass is 657 g/mol. The zero-order valence-electron chi connectivity index (χ0n) is 20.2. The largest absolute Gasteiger partial charge is 0.417 e. The van der Waals surface area contributed by atoms with E-state index in [0.717, 1.165) is 19.1 Å². The molecule has 1 amide bonds. The van der Waals surface area contributed by atoms with Gasteiger partial charge in [-0.1, -0.05) is 46.9 Å². The van der Waals surface area contributed by atoms with Gasteiger partial charge in [-0.2, -0.15) is 39.5 Å². The van der Waals surface area contributed by atoms with Crippen molar-refractivity contribution in [3.8, 4) is 0 Å². The van der Waals surface area contributed by atoms with Crippen molar-refractivity contribution >= 4 is 52.3 Å². The van der Waals surface area contributed by atoms with Crippen LogP contribution in [0.1, 0.15) is 46.3 Å². The summed E-state index contributed by atoms with van der Waals surface area (Å²) in [5.41, 5.74) is -4.53. The van der Waals surface area contributed by atoms with Crippen LogP contribution in [0.15, 0.2) is 48.6 Å². The molecule has 0 fully saturated rings. The topological polar surface area (TPSA) is 46.2 Å². The molecule has 3 nitrogen and oxygen atoms in total. The first-order chi connectivity index (χ1) is 18.6. The fourth-order valence-electron chi connectivity index (χ4n) is 3.30. The number of benzene rings is 2. The highest BCUT2D eigenvalue weighted by molar-refractivity contribution is 6.48. The Bertz CT molecular complexity index is 1340. The van der Waals surface area contributed by atoms with Gasteiger partial charge in [-0.15, -0.1) is 0 Å². The summed E-state index contributed by atoms with van der Waals surface area (Å²) in [7, 11) is 0. The number of nitrogens with one attached hydrogen (secondary N) is 1. The summed E-state index contributed by atoms with van der Waals surface area (Å²) in [5, 5.41) is 0.815. The first kappa shape index (κ1) is 34.4. The molecule has 0 aromatic heterocycles. The quantitative estimate of drug-likeness (QED) is 0.175. The Kier molecular flexibility index (Phi) is 10.9. The average Bonchev–Trinajstić information content (AvgIpc) is 2.82. The fourth-order valence-corrected chi connectivity index (χ4v) is 3.91. The molecule has 0 aliphatic heterocycles. The second-order valence-corrected chi connectivity index (χ2v) is 9.60. The summed E-state index contributed by atoms with van der Waals surface area (Å²) in [6.07, 6.45) is -15.6. The summed E-state index contributed by atoms with van der Waals surface area (Å²) in [6.45, 7) is 0.995. The van der Waals surface area contributed by atoms with E-state index in [1.807, 2.05) is 5.32 Å². The van der Waals surface area contributed by atoms with E-state index in [1.165, 1.54) is 0 Å². The lowest BCUT2D eigenvalue weighted by molar-refractivity contribution is -0.140. The molecule has 41 heavy (non-hydrogen) atoms. The Labute approximate surface area is 240 Å². The molecule has 0 aliphatic rings. The van der Waals surface area contributed by atoms with Gasteiger partial charge in [0.05, 0.1) is 38.7 Å². The minimum absolute atomic E-state index is 0.0147. The number of amides is 1. The minimum Gasteiger partial charge on any atom is -0.342 e. The molecular weight excluding hydrogens is 643 g/mol. The minimum atomic E-state index is -5.32. The molecule has 0 aliphatic carbocycles. The van der Waals surface area contributed by atoms with Crippen LogP contribution in [0.3, 0.4) is 0 Å². The molecule has 0 saturated carbocycles. The highest BCUT2D eigenvalue weighted by Gasteiger charge is 2.41. The molecule has 0 saturated heterocycles. The summed E-state index contributed by atoms with van der Waals surface area (Å²) < 4.78 is 134. The second kappa shape index (κ2) is 13.0. The number of allylic oxidation sites excluding steroid dienone is 2. The Morgan fingerprint density at radius 3 is 1.98 bits per heavy atom. The van der Waals surface area contributed by atoms with Crippen LogP contribution < -0.4 is 5.32 Å². The number of carbonyl (C=O) groups excluding carboxylic acids is 2. The maximum absolute atomic E-state index is 15.0. The summed E-state index contributed by atoms with van der Waals surface area (Å²) in [6, 6.07) is 1.11. The van der Waals surface area contributed by atoms with Crippen LogP contribution in [-0.2, 0) is 11.0 Å². The van der Waals surface area contributed by atoms with Crippen molar-refractivity contribution in [1.29, 1.82) is 0 Å². The smallest absolute Gasteiger partial charge is 0.342 e. The van der Waals surface area contributed by atoms with Gasteiger partial charge in [-0.3, -0.25) is 9.59 Å². The van der Waals surface area contributed by atoms with Gasteiger partial charge in [0.1, 0.15) is 11.7 Å². The van der Waals surface area contributed by atoms with E-state index in [0.29, 0.717) is 24.3 Å². The Morgan fingerprint density at radius 2 is 1.49 bits per heavy atom. The van der Waals surface area contributed by atoms with E-state index in [4.69, 9.17) is 34.8 Å². The average molecular weight is 659 g/mol. The van der Waals surface area contributed by atoms with Crippen LogP contribution in [0.4, 0.5) is 43.9 Å². The van der Waals surface area contributed by atoms with Crippen LogP contribution in [0, 0.1) is 0 Å². The van der Waals surface area contributed by atoms with Crippen molar-refractivity contribution in [2.24, 2.45) is 0 Å². The van der Waals surface area contributed by atoms with Crippen molar-refractivity contribution in [1.82, 2.24) is 5.32 Å². The molecule has 1 unspecified atom stereocenters. The normalized spacial score (nSPS) is 14.7. The molecule has 16 heteroatoms. The highest BCUT2D eigenvalue weighted by atomic mass is 35.5. The van der Waals surface area contributed by atoms with Crippen molar-refractivity contribution in [3.05, 3.63) is 85.9 Å². The van der Waals surface area contributed by atoms with Crippen LogP contribution in [0.25, 0.3) is 5.83 Å². The van der Waals surface area contributed by atoms with Crippen molar-refractivity contribution < 1.29 is 53.5 Å². The van der Waals surface area contributed by atoms with Crippen molar-refractivity contribution in [2.45, 2.75) is 43.8 Å². The zero-order chi connectivity index (χ0) is 31.5. The number of hydrogen-bond donors (Lipinski definition) is 1. The summed E-state index contributed by atoms with van der Waals surface area (Å²) in [4.78, 5) is 24.4. The maximum Gasteiger partial charge on any atom is 0.417 e. The van der Waals surface area contributed by atoms with E-state index >= 15 is 0 Å². The van der Waals surface area contributed by atoms with Crippen LogP contribution in [0.5, 0.6) is 0 Å². The molecule has 0 heterocycles. The molecule has 2 aromatic carbocycles. The van der Waals surface area contributed by atoms with Gasteiger partial charge in [0, 0.05) is 5.56 Å². The molecule has 0 spiro atoms. The SMILES string of the molecule is C[C@@H](NC(=O)c1ccc(/C(F)=C/C(c2cc(Cl)c(Cl)c(Cl)c2)C(F)(F)F)cc1C(F)(F)F)C(=O)/C=C/CC(F)(F)F. The van der Waals surface area contributed by atoms with Gasteiger partial charge in [0.15, 0.2) is 5.78 Å². The molecule has 224 valence electrons. The van der Waals surface area contributed by atoms with E-state index in [9.17, 15) is 53.5 Å². The number of alkyl halides is 9. The summed E-state index contributed by atoms with van der Waals surface area (Å²) >= 11 is 17.2. The van der Waals surface area contributed by atoms with Crippen LogP contribution >= 0.6 is 34.8 Å². The third-order valence-corrected chi connectivity index (χ3v) is 6.48. The zero-order valence-corrected chi connectivity index (χ0v) is 22.5. The van der Waals surface area contributed by atoms with E-state index in [1.54, 1.807) is 0 Å². The predicted octanol–water partition coefficient (Wildman–Crippen LogP) is 9.52. The summed E-state index contributed by atoms with van der Waals surface area (Å²) in [5.74, 6) is -7.03. The molecular formula is C25H16Cl3F10NO2. The molecule has 2 atom stereocenters. The van der Waals surface area contributed by atoms with Crippen molar-refractivity contribution in [3.63, 3.8) is 0 Å². The van der Waals surface area contributed by atoms with Gasteiger partial charge in [-0.05, 0) is 48.9 Å². The van der Waals surface area contributed by atoms with E-state index in [2.05, 4.69) is 0 Å². The third kappa shape index (κ3) is 9.64. The van der Waals surface area contributed by atoms with Gasteiger partial charge >= 0.3 is 18.5 Å². The van der Waals surface area contributed by atoms with Gasteiger partial charge in [0.2, 0.25) is 0 Å². The number of carbonyl (C=O) groups is 2. The van der Waals surface area contributed by atoms with E-state index < -0.39 is 86.7 Å². The standard InChI is InChI=1S/C25H16Cl3F10NO2/c1-11(20(40)3-2-6-23(30,31)32)39-22(41)14-5-4-12(7-16(14)25(36,37)38)19(29)10-15(24(33,34)35)13-8-17(26)21(28)18(27)9-13/h2-5,7-11,15H,6H2,1H3,(H,39,41)/b3-2+,19-10-/t11-,15?/m1/s1. The maximum atomic E-state index is 15.0. The molecule has 2 rings (SSSR count). The fraction of sp³-hybridized carbons (Fsp3) is 0.280. The van der Waals surface area contributed by atoms with Crippen LogP contribution in [0.2, 0.25) is 15.1 Å². The lowest BCUT2D eigenvalue weighted by Crippen LogP contribution is -2.38. The van der Waals surface area contributed by atoms with Gasteiger partial charge < -0.3 is 5.32 Å². The predicted molar refractivity (Wildman–Crippen MR) is 133 cm³/mol. The molecule has 0 radical (unpaired) electrons. The second-order valence-electron chi connectivity index (χ2n) is 8.41. The van der Waals surface area contributed by atoms with Gasteiger partial charge in [0.25, 0.3) is 5.91 Å². The number of halogens is 13. The Balaban J connectivity index is 2.44. The Hall–Kier alpha value is -2.77. The number of ketones is 1. The third-order valence-electron chi connectivity index (χ3n) is 5.28. The lowest BCUT2D eigenvalue weighted by atomic mass is 9.95. The van der Waals surface area contributed by atoms with Crippen molar-refractivity contribution in [2.75, 3.05) is 0 Å². The lowest BCUT2D eigenvalue weighted by Gasteiger charge is -2.19. The van der Waals surface area contributed by atoms with Gasteiger partial charge in [-0.25, -0.2) is 4.39 Å². The molecule has 2 aromatic rings. The highest BCUT2D eigenvalue weighted by Crippen LogP contribution is 2.42. The molecule has 0 bridgehead atoms. The van der Waals surface area contributed by atoms with Crippen LogP contribution in [-0.4, -0.2) is 30.1 Å². The first-order valence-electron chi connectivity index (χ1n) is 11.0. The Morgan fingerprint density at radius 1 is 0.927 bits per heavy atom. The first-order valence-corrected chi connectivity index (χ1v) is 12.1. The number of rotatable bonds is 8. The molecule has 1 N–H and O–H groups in total. The van der Waals surface area contributed by atoms with E-state index in [-0.39, 0.29) is 17.2 Å².